The van der Waals surface area contributed by atoms with Crippen LogP contribution in [-0.2, 0) is 17.4 Å². The van der Waals surface area contributed by atoms with Gasteiger partial charge >= 0.3 is 0 Å². The van der Waals surface area contributed by atoms with Crippen molar-refractivity contribution in [2.75, 3.05) is 18.9 Å². The van der Waals surface area contributed by atoms with Gasteiger partial charge in [0.25, 0.3) is 5.91 Å². The average Bonchev–Trinajstić information content (AvgIpc) is 3.51. The molecule has 162 valence electrons. The minimum Gasteiger partial charge on any atom is -0.374 e. The SMILES string of the molecule is [2H]c1cc(-c2cccc(-c3cc(C4(O)CCN(C)C4=O)no3)n2)nc(Nc2ccn(C)n2)n1. The molecule has 1 unspecified atom stereocenters. The number of carbonyl (C=O) groups is 1. The molecular formula is C21H20N8O3. The number of carbonyl (C=O) groups excluding carboxylic acids is 1. The molecule has 1 aliphatic heterocycles. The number of nitrogens with one attached hydrogen (secondary N) is 1. The van der Waals surface area contributed by atoms with E-state index in [2.05, 4.69) is 30.5 Å². The normalized spacial score (nSPS) is 18.8. The largest absolute Gasteiger partial charge is 0.374 e. The lowest BCUT2D eigenvalue weighted by Gasteiger charge is -2.16. The van der Waals surface area contributed by atoms with Crippen molar-refractivity contribution in [3.63, 3.8) is 0 Å². The zero-order valence-corrected chi connectivity index (χ0v) is 17.3. The zero-order valence-electron chi connectivity index (χ0n) is 18.3. The van der Waals surface area contributed by atoms with Crippen LogP contribution in [0.4, 0.5) is 11.8 Å². The topological polar surface area (TPSA) is 135 Å². The van der Waals surface area contributed by atoms with E-state index in [9.17, 15) is 9.90 Å². The molecule has 0 saturated carbocycles. The Hall–Kier alpha value is -4.12. The van der Waals surface area contributed by atoms with E-state index >= 15 is 0 Å². The standard InChI is InChI=1S/C21H20N8O3/c1-28-11-8-21(31,19(28)30)17-12-16(32-27-17)15-5-3-4-13(23-15)14-6-9-22-20(24-14)25-18-7-10-29(2)26-18/h3-7,9-10,12,31H,8,11H2,1-2H3,(H,22,24,25,26)/i9D. The number of aromatic nitrogens is 6. The molecular weight excluding hydrogens is 412 g/mol. The molecule has 1 aliphatic rings. The molecule has 5 rings (SSSR count). The van der Waals surface area contributed by atoms with Crippen molar-refractivity contribution >= 4 is 17.7 Å². The summed E-state index contributed by atoms with van der Waals surface area (Å²) < 4.78 is 15.1. The first-order valence-electron chi connectivity index (χ1n) is 10.4. The van der Waals surface area contributed by atoms with Gasteiger partial charge < -0.3 is 19.8 Å². The van der Waals surface area contributed by atoms with E-state index in [1.807, 2.05) is 0 Å². The van der Waals surface area contributed by atoms with Gasteiger partial charge in [-0.1, -0.05) is 11.2 Å². The maximum atomic E-state index is 12.3. The predicted molar refractivity (Wildman–Crippen MR) is 113 cm³/mol. The van der Waals surface area contributed by atoms with Crippen molar-refractivity contribution in [3.05, 3.63) is 54.5 Å². The van der Waals surface area contributed by atoms with Gasteiger partial charge in [0.05, 0.1) is 12.8 Å². The number of pyridine rings is 1. The lowest BCUT2D eigenvalue weighted by molar-refractivity contribution is -0.143. The van der Waals surface area contributed by atoms with Gasteiger partial charge in [-0.05, 0) is 18.2 Å². The molecule has 1 fully saturated rings. The maximum absolute atomic E-state index is 12.3. The molecule has 32 heavy (non-hydrogen) atoms. The van der Waals surface area contributed by atoms with Crippen molar-refractivity contribution in [3.8, 4) is 22.8 Å². The van der Waals surface area contributed by atoms with Crippen molar-refractivity contribution in [1.82, 2.24) is 34.8 Å². The number of hydrogen-bond acceptors (Lipinski definition) is 9. The average molecular weight is 433 g/mol. The van der Waals surface area contributed by atoms with Crippen LogP contribution in [0.2, 0.25) is 0 Å². The Morgan fingerprint density at radius 3 is 2.75 bits per heavy atom. The van der Waals surface area contributed by atoms with Crippen molar-refractivity contribution in [1.29, 1.82) is 0 Å². The van der Waals surface area contributed by atoms with Crippen LogP contribution in [0.25, 0.3) is 22.8 Å². The Kier molecular flexibility index (Phi) is 4.39. The summed E-state index contributed by atoms with van der Waals surface area (Å²) in [5, 5.41) is 21.9. The maximum Gasteiger partial charge on any atom is 0.260 e. The fourth-order valence-electron chi connectivity index (χ4n) is 3.51. The van der Waals surface area contributed by atoms with E-state index in [-0.39, 0.29) is 24.2 Å². The highest BCUT2D eigenvalue weighted by atomic mass is 16.5. The number of likely N-dealkylation sites (N-methyl/N-ethyl adjacent to an activating group) is 1. The summed E-state index contributed by atoms with van der Waals surface area (Å²) in [7, 11) is 3.42. The van der Waals surface area contributed by atoms with Gasteiger partial charge in [0.15, 0.2) is 17.2 Å². The Balaban J connectivity index is 1.45. The Labute approximate surface area is 184 Å². The zero-order chi connectivity index (χ0) is 23.2. The lowest BCUT2D eigenvalue weighted by atomic mass is 9.97. The van der Waals surface area contributed by atoms with Crippen LogP contribution in [-0.4, -0.2) is 59.4 Å². The number of nitrogens with zero attached hydrogens (tertiary/aromatic N) is 7. The van der Waals surface area contributed by atoms with Crippen LogP contribution in [0.3, 0.4) is 0 Å². The second kappa shape index (κ2) is 7.54. The van der Waals surface area contributed by atoms with Crippen molar-refractivity contribution < 1.29 is 15.8 Å². The van der Waals surface area contributed by atoms with Gasteiger partial charge in [-0.2, -0.15) is 5.10 Å². The number of likely N-dealkylation sites (tertiary alicyclic amines) is 1. The summed E-state index contributed by atoms with van der Waals surface area (Å²) in [6.45, 7) is 0.434. The third-order valence-corrected chi connectivity index (χ3v) is 5.26. The second-order valence-electron chi connectivity index (χ2n) is 7.53. The van der Waals surface area contributed by atoms with E-state index in [0.29, 0.717) is 35.2 Å². The van der Waals surface area contributed by atoms with Crippen LogP contribution < -0.4 is 5.32 Å². The number of anilines is 2. The number of aliphatic hydroxyl groups is 1. The summed E-state index contributed by atoms with van der Waals surface area (Å²) in [6, 6.07) is 10.0. The molecule has 5 heterocycles. The Morgan fingerprint density at radius 2 is 2.00 bits per heavy atom. The Bertz CT molecular complexity index is 1350. The molecule has 1 amide bonds. The van der Waals surface area contributed by atoms with Gasteiger partial charge in [-0.25, -0.2) is 15.0 Å². The van der Waals surface area contributed by atoms with Gasteiger partial charge in [0.1, 0.15) is 11.4 Å². The number of amides is 1. The summed E-state index contributed by atoms with van der Waals surface area (Å²) in [5.41, 5.74) is -0.191. The first-order chi connectivity index (χ1) is 15.8. The first-order valence-corrected chi connectivity index (χ1v) is 9.87. The highest BCUT2D eigenvalue weighted by molar-refractivity contribution is 5.88. The summed E-state index contributed by atoms with van der Waals surface area (Å²) >= 11 is 0. The highest BCUT2D eigenvalue weighted by Gasteiger charge is 2.47. The molecule has 0 bridgehead atoms. The van der Waals surface area contributed by atoms with Gasteiger partial charge in [-0.3, -0.25) is 9.48 Å². The van der Waals surface area contributed by atoms with E-state index in [1.54, 1.807) is 49.2 Å². The summed E-state index contributed by atoms with van der Waals surface area (Å²) in [5.74, 6) is 0.655. The van der Waals surface area contributed by atoms with E-state index < -0.39 is 11.5 Å². The van der Waals surface area contributed by atoms with E-state index in [0.717, 1.165) is 0 Å². The number of aryl methyl sites for hydroxylation is 1. The summed E-state index contributed by atoms with van der Waals surface area (Å²) in [4.78, 5) is 26.9. The first kappa shape index (κ1) is 18.6. The fraction of sp³-hybridized carbons (Fsp3) is 0.238. The van der Waals surface area contributed by atoms with E-state index in [1.165, 1.54) is 17.0 Å². The predicted octanol–water partition coefficient (Wildman–Crippen LogP) is 1.72. The van der Waals surface area contributed by atoms with Gasteiger partial charge in [0.2, 0.25) is 5.95 Å². The highest BCUT2D eigenvalue weighted by Crippen LogP contribution is 2.34. The molecule has 11 nitrogen and oxygen atoms in total. The molecule has 1 saturated heterocycles. The third-order valence-electron chi connectivity index (χ3n) is 5.26. The van der Waals surface area contributed by atoms with Crippen LogP contribution >= 0.6 is 0 Å². The van der Waals surface area contributed by atoms with Crippen molar-refractivity contribution in [2.45, 2.75) is 12.0 Å². The number of rotatable bonds is 5. The number of hydrogen-bond donors (Lipinski definition) is 2. The van der Waals surface area contributed by atoms with Crippen molar-refractivity contribution in [2.24, 2.45) is 7.05 Å². The minimum absolute atomic E-state index is 0.0127. The molecule has 0 spiro atoms. The molecule has 1 atom stereocenters. The molecule has 4 aromatic rings. The second-order valence-corrected chi connectivity index (χ2v) is 7.53. The van der Waals surface area contributed by atoms with Crippen LogP contribution in [0.15, 0.2) is 53.3 Å². The van der Waals surface area contributed by atoms with Gasteiger partial charge in [0, 0.05) is 51.6 Å². The molecule has 0 aliphatic carbocycles. The molecule has 11 heteroatoms. The fourth-order valence-corrected chi connectivity index (χ4v) is 3.51. The van der Waals surface area contributed by atoms with Crippen LogP contribution in [0, 0.1) is 0 Å². The van der Waals surface area contributed by atoms with Crippen LogP contribution in [0.1, 0.15) is 13.5 Å². The third kappa shape index (κ3) is 3.48. The molecule has 4 aromatic heterocycles. The molecule has 0 aromatic carbocycles. The quantitative estimate of drug-likeness (QED) is 0.482. The van der Waals surface area contributed by atoms with Gasteiger partial charge in [-0.15, -0.1) is 0 Å². The van der Waals surface area contributed by atoms with E-state index in [4.69, 9.17) is 5.89 Å². The summed E-state index contributed by atoms with van der Waals surface area (Å²) in [6.07, 6.45) is 2.03. The smallest absolute Gasteiger partial charge is 0.260 e. The van der Waals surface area contributed by atoms with Crippen LogP contribution in [0.5, 0.6) is 0 Å². The minimum atomic E-state index is -1.70. The Morgan fingerprint density at radius 1 is 1.19 bits per heavy atom. The molecule has 2 N–H and O–H groups in total. The molecule has 0 radical (unpaired) electrons. The lowest BCUT2D eigenvalue weighted by Crippen LogP contribution is -2.36. The monoisotopic (exact) mass is 433 g/mol.